The summed E-state index contributed by atoms with van der Waals surface area (Å²) in [5.41, 5.74) is 7.81. The number of hydrogen-bond acceptors (Lipinski definition) is 5. The van der Waals surface area contributed by atoms with E-state index in [2.05, 4.69) is 9.97 Å². The van der Waals surface area contributed by atoms with Gasteiger partial charge in [-0.2, -0.15) is 4.98 Å². The minimum absolute atomic E-state index is 0.122. The number of nitrogens with two attached hydrogens (primary N) is 1. The maximum Gasteiger partial charge on any atom is 0.242 e. The smallest absolute Gasteiger partial charge is 0.242 e. The van der Waals surface area contributed by atoms with Crippen LogP contribution in [0.25, 0.3) is 0 Å². The quantitative estimate of drug-likeness (QED) is 0.871. The number of nitrogen functional groups attached to an aromatic ring is 1. The van der Waals surface area contributed by atoms with Crippen molar-refractivity contribution in [2.45, 2.75) is 13.5 Å². The first-order valence-electron chi connectivity index (χ1n) is 5.65. The number of hydrogen-bond donors (Lipinski definition) is 1. The van der Waals surface area contributed by atoms with Crippen molar-refractivity contribution < 1.29 is 9.47 Å². The minimum Gasteiger partial charge on any atom is -0.497 e. The second-order valence-electron chi connectivity index (χ2n) is 3.93. The number of methoxy groups -OCH3 is 1. The third-order valence-corrected chi connectivity index (χ3v) is 2.78. The fourth-order valence-corrected chi connectivity index (χ4v) is 1.71. The molecule has 2 rings (SSSR count). The van der Waals surface area contributed by atoms with Gasteiger partial charge in [-0.1, -0.05) is 12.1 Å². The molecule has 0 aliphatic rings. The molecular weight excluding hydrogens is 266 g/mol. The summed E-state index contributed by atoms with van der Waals surface area (Å²) in [5, 5.41) is 0.122. The highest BCUT2D eigenvalue weighted by molar-refractivity contribution is 6.28. The van der Waals surface area contributed by atoms with Crippen molar-refractivity contribution in [1.82, 2.24) is 9.97 Å². The molecule has 0 spiro atoms. The SMILES string of the molecule is COc1ccc(COc2nc(Cl)nc(C)c2N)cc1. The van der Waals surface area contributed by atoms with Crippen LogP contribution < -0.4 is 15.2 Å². The Bertz CT molecular complexity index is 573. The first-order chi connectivity index (χ1) is 9.10. The molecule has 1 aromatic heterocycles. The first kappa shape index (κ1) is 13.4. The van der Waals surface area contributed by atoms with Crippen molar-refractivity contribution in [3.8, 4) is 11.6 Å². The molecule has 5 nitrogen and oxygen atoms in total. The van der Waals surface area contributed by atoms with Gasteiger partial charge in [-0.25, -0.2) is 4.98 Å². The third kappa shape index (κ3) is 3.26. The Kier molecular flexibility index (Phi) is 4.06. The lowest BCUT2D eigenvalue weighted by molar-refractivity contribution is 0.295. The van der Waals surface area contributed by atoms with Crippen LogP contribution in [-0.4, -0.2) is 17.1 Å². The largest absolute Gasteiger partial charge is 0.497 e. The number of ether oxygens (including phenoxy) is 2. The van der Waals surface area contributed by atoms with Crippen molar-refractivity contribution in [2.24, 2.45) is 0 Å². The Labute approximate surface area is 116 Å². The summed E-state index contributed by atoms with van der Waals surface area (Å²) < 4.78 is 10.6. The summed E-state index contributed by atoms with van der Waals surface area (Å²) in [6.45, 7) is 2.10. The molecular formula is C13H14ClN3O2. The minimum atomic E-state index is 0.122. The van der Waals surface area contributed by atoms with Crippen molar-refractivity contribution in [3.63, 3.8) is 0 Å². The highest BCUT2D eigenvalue weighted by Gasteiger charge is 2.09. The number of halogens is 1. The second kappa shape index (κ2) is 5.75. The van der Waals surface area contributed by atoms with Crippen LogP contribution >= 0.6 is 11.6 Å². The fourth-order valence-electron chi connectivity index (χ4n) is 1.51. The summed E-state index contributed by atoms with van der Waals surface area (Å²) in [7, 11) is 1.62. The zero-order valence-corrected chi connectivity index (χ0v) is 11.4. The van der Waals surface area contributed by atoms with Crippen LogP contribution in [0.15, 0.2) is 24.3 Å². The lowest BCUT2D eigenvalue weighted by atomic mass is 10.2. The molecule has 19 heavy (non-hydrogen) atoms. The van der Waals surface area contributed by atoms with E-state index >= 15 is 0 Å². The van der Waals surface area contributed by atoms with Gasteiger partial charge in [0.15, 0.2) is 0 Å². The van der Waals surface area contributed by atoms with Gasteiger partial charge in [-0.05, 0) is 36.2 Å². The Morgan fingerprint density at radius 1 is 1.21 bits per heavy atom. The van der Waals surface area contributed by atoms with Gasteiger partial charge in [-0.15, -0.1) is 0 Å². The maximum absolute atomic E-state index is 5.83. The normalized spacial score (nSPS) is 10.3. The molecule has 0 saturated carbocycles. The van der Waals surface area contributed by atoms with E-state index in [1.807, 2.05) is 24.3 Å². The Balaban J connectivity index is 2.09. The Morgan fingerprint density at radius 3 is 2.53 bits per heavy atom. The molecule has 0 radical (unpaired) electrons. The van der Waals surface area contributed by atoms with Gasteiger partial charge in [0.05, 0.1) is 12.8 Å². The van der Waals surface area contributed by atoms with E-state index in [9.17, 15) is 0 Å². The van der Waals surface area contributed by atoms with Crippen LogP contribution in [0.2, 0.25) is 5.28 Å². The zero-order valence-electron chi connectivity index (χ0n) is 10.7. The summed E-state index contributed by atoms with van der Waals surface area (Å²) in [6, 6.07) is 7.54. The van der Waals surface area contributed by atoms with E-state index in [0.29, 0.717) is 23.9 Å². The molecule has 1 heterocycles. The van der Waals surface area contributed by atoms with Gasteiger partial charge in [-0.3, -0.25) is 0 Å². The van der Waals surface area contributed by atoms with E-state index in [0.717, 1.165) is 11.3 Å². The predicted octanol–water partition coefficient (Wildman–Crippen LogP) is 2.61. The predicted molar refractivity (Wildman–Crippen MR) is 73.5 cm³/mol. The molecule has 1 aromatic carbocycles. The highest BCUT2D eigenvalue weighted by atomic mass is 35.5. The van der Waals surface area contributed by atoms with Gasteiger partial charge in [0, 0.05) is 0 Å². The van der Waals surface area contributed by atoms with E-state index in [1.54, 1.807) is 14.0 Å². The number of aromatic nitrogens is 2. The molecule has 100 valence electrons. The monoisotopic (exact) mass is 279 g/mol. The summed E-state index contributed by atoms with van der Waals surface area (Å²) in [5.74, 6) is 1.09. The lowest BCUT2D eigenvalue weighted by Crippen LogP contribution is -2.04. The topological polar surface area (TPSA) is 70.3 Å². The number of nitrogens with zero attached hydrogens (tertiary/aromatic N) is 2. The summed E-state index contributed by atoms with van der Waals surface area (Å²) in [4.78, 5) is 7.91. The molecule has 0 unspecified atom stereocenters. The van der Waals surface area contributed by atoms with Gasteiger partial charge in [0.25, 0.3) is 0 Å². The number of aryl methyl sites for hydroxylation is 1. The summed E-state index contributed by atoms with van der Waals surface area (Å²) in [6.07, 6.45) is 0. The molecule has 2 N–H and O–H groups in total. The van der Waals surface area contributed by atoms with E-state index in [-0.39, 0.29) is 5.28 Å². The average molecular weight is 280 g/mol. The van der Waals surface area contributed by atoms with Gasteiger partial charge in [0.2, 0.25) is 11.2 Å². The van der Waals surface area contributed by atoms with Crippen molar-refractivity contribution in [1.29, 1.82) is 0 Å². The number of benzene rings is 1. The fraction of sp³-hybridized carbons (Fsp3) is 0.231. The van der Waals surface area contributed by atoms with E-state index < -0.39 is 0 Å². The molecule has 0 amide bonds. The molecule has 0 saturated heterocycles. The number of rotatable bonds is 4. The summed E-state index contributed by atoms with van der Waals surface area (Å²) >= 11 is 5.77. The van der Waals surface area contributed by atoms with Crippen LogP contribution in [0.5, 0.6) is 11.6 Å². The van der Waals surface area contributed by atoms with Crippen LogP contribution in [0.1, 0.15) is 11.3 Å². The Hall–Kier alpha value is -2.01. The molecule has 0 atom stereocenters. The lowest BCUT2D eigenvalue weighted by Gasteiger charge is -2.09. The van der Waals surface area contributed by atoms with E-state index in [1.165, 1.54) is 0 Å². The van der Waals surface area contributed by atoms with Gasteiger partial charge in [0.1, 0.15) is 18.0 Å². The second-order valence-corrected chi connectivity index (χ2v) is 4.27. The molecule has 0 bridgehead atoms. The maximum atomic E-state index is 5.83. The highest BCUT2D eigenvalue weighted by Crippen LogP contribution is 2.24. The van der Waals surface area contributed by atoms with Crippen LogP contribution in [0, 0.1) is 6.92 Å². The van der Waals surface area contributed by atoms with E-state index in [4.69, 9.17) is 26.8 Å². The molecule has 0 aliphatic heterocycles. The standard InChI is InChI=1S/C13H14ClN3O2/c1-8-11(15)12(17-13(14)16-8)19-7-9-3-5-10(18-2)6-4-9/h3-6H,7,15H2,1-2H3. The van der Waals surface area contributed by atoms with Crippen LogP contribution in [0.3, 0.4) is 0 Å². The van der Waals surface area contributed by atoms with Crippen LogP contribution in [-0.2, 0) is 6.61 Å². The molecule has 2 aromatic rings. The number of anilines is 1. The van der Waals surface area contributed by atoms with Crippen molar-refractivity contribution >= 4 is 17.3 Å². The van der Waals surface area contributed by atoms with Crippen molar-refractivity contribution in [2.75, 3.05) is 12.8 Å². The third-order valence-electron chi connectivity index (χ3n) is 2.61. The van der Waals surface area contributed by atoms with Gasteiger partial charge < -0.3 is 15.2 Å². The van der Waals surface area contributed by atoms with Crippen LogP contribution in [0.4, 0.5) is 5.69 Å². The molecule has 0 aliphatic carbocycles. The average Bonchev–Trinajstić information content (AvgIpc) is 2.41. The Morgan fingerprint density at radius 2 is 1.89 bits per heavy atom. The molecule has 0 fully saturated rings. The van der Waals surface area contributed by atoms with Gasteiger partial charge >= 0.3 is 0 Å². The van der Waals surface area contributed by atoms with Crippen molar-refractivity contribution in [3.05, 3.63) is 40.8 Å². The molecule has 6 heteroatoms. The zero-order chi connectivity index (χ0) is 13.8. The first-order valence-corrected chi connectivity index (χ1v) is 6.03.